The van der Waals surface area contributed by atoms with E-state index in [1.165, 1.54) is 19.3 Å². The Bertz CT molecular complexity index is 403. The number of amides is 1. The van der Waals surface area contributed by atoms with E-state index >= 15 is 0 Å². The number of halogens is 1. The van der Waals surface area contributed by atoms with Crippen molar-refractivity contribution in [1.29, 1.82) is 0 Å². The summed E-state index contributed by atoms with van der Waals surface area (Å²) in [6.45, 7) is 2.12. The van der Waals surface area contributed by atoms with Crippen molar-refractivity contribution in [3.8, 4) is 0 Å². The molecule has 4 nitrogen and oxygen atoms in total. The van der Waals surface area contributed by atoms with Crippen molar-refractivity contribution in [1.82, 2.24) is 9.88 Å². The minimum Gasteiger partial charge on any atom is -0.339 e. The summed E-state index contributed by atoms with van der Waals surface area (Å²) in [7, 11) is 0. The molecule has 1 saturated heterocycles. The zero-order valence-electron chi connectivity index (χ0n) is 11.2. The molecule has 0 bridgehead atoms. The number of rotatable bonds is 2. The Morgan fingerprint density at radius 3 is 2.47 bits per heavy atom. The summed E-state index contributed by atoms with van der Waals surface area (Å²) in [4.78, 5) is 18.5. The maximum Gasteiger partial charge on any atom is 0.253 e. The fraction of sp³-hybridized carbons (Fsp3) is 0.571. The Morgan fingerprint density at radius 1 is 1.21 bits per heavy atom. The maximum atomic E-state index is 12.4. The van der Waals surface area contributed by atoms with Crippen LogP contribution in [0.3, 0.4) is 0 Å². The van der Waals surface area contributed by atoms with Crippen molar-refractivity contribution in [2.24, 2.45) is 5.73 Å². The van der Waals surface area contributed by atoms with Crippen molar-refractivity contribution in [3.63, 3.8) is 0 Å². The molecule has 0 radical (unpaired) electrons. The van der Waals surface area contributed by atoms with Crippen LogP contribution in [0, 0.1) is 0 Å². The van der Waals surface area contributed by atoms with E-state index in [1.54, 1.807) is 18.3 Å². The van der Waals surface area contributed by atoms with Gasteiger partial charge in [-0.3, -0.25) is 9.78 Å². The molecule has 0 spiro atoms. The highest BCUT2D eigenvalue weighted by Crippen LogP contribution is 2.13. The lowest BCUT2D eigenvalue weighted by molar-refractivity contribution is 0.0742. The van der Waals surface area contributed by atoms with Gasteiger partial charge < -0.3 is 10.6 Å². The van der Waals surface area contributed by atoms with Crippen molar-refractivity contribution in [3.05, 3.63) is 29.6 Å². The van der Waals surface area contributed by atoms with E-state index in [0.29, 0.717) is 12.1 Å². The zero-order valence-corrected chi connectivity index (χ0v) is 12.0. The van der Waals surface area contributed by atoms with E-state index in [1.807, 2.05) is 4.90 Å². The van der Waals surface area contributed by atoms with Gasteiger partial charge in [-0.25, -0.2) is 0 Å². The number of hydrogen-bond donors (Lipinski definition) is 1. The summed E-state index contributed by atoms with van der Waals surface area (Å²) in [5.41, 5.74) is 7.04. The van der Waals surface area contributed by atoms with Gasteiger partial charge in [-0.1, -0.05) is 19.3 Å². The SMILES string of the molecule is Cl.NCc1cc(C(=O)N2CCCCCCC2)ccn1. The van der Waals surface area contributed by atoms with Crippen molar-refractivity contribution >= 4 is 18.3 Å². The minimum atomic E-state index is 0. The van der Waals surface area contributed by atoms with Gasteiger partial charge in [0.25, 0.3) is 5.91 Å². The molecule has 5 heteroatoms. The number of hydrogen-bond acceptors (Lipinski definition) is 3. The molecule has 0 atom stereocenters. The van der Waals surface area contributed by atoms with Gasteiger partial charge in [0.05, 0.1) is 5.69 Å². The smallest absolute Gasteiger partial charge is 0.253 e. The molecule has 1 amide bonds. The lowest BCUT2D eigenvalue weighted by Crippen LogP contribution is -2.33. The molecule has 0 aliphatic carbocycles. The Labute approximate surface area is 120 Å². The average molecular weight is 284 g/mol. The van der Waals surface area contributed by atoms with Crippen LogP contribution in [0.5, 0.6) is 0 Å². The van der Waals surface area contributed by atoms with E-state index in [-0.39, 0.29) is 18.3 Å². The molecule has 2 N–H and O–H groups in total. The van der Waals surface area contributed by atoms with Gasteiger partial charge in [0.1, 0.15) is 0 Å². The number of carbonyl (C=O) groups excluding carboxylic acids is 1. The van der Waals surface area contributed by atoms with Crippen LogP contribution in [0.2, 0.25) is 0 Å². The predicted molar refractivity (Wildman–Crippen MR) is 78.4 cm³/mol. The van der Waals surface area contributed by atoms with Gasteiger partial charge in [0.15, 0.2) is 0 Å². The van der Waals surface area contributed by atoms with E-state index in [4.69, 9.17) is 5.73 Å². The lowest BCUT2D eigenvalue weighted by atomic mass is 10.1. The van der Waals surface area contributed by atoms with Crippen LogP contribution in [-0.2, 0) is 6.54 Å². The fourth-order valence-electron chi connectivity index (χ4n) is 2.36. The number of likely N-dealkylation sites (tertiary alicyclic amines) is 1. The second-order valence-corrected chi connectivity index (χ2v) is 4.80. The van der Waals surface area contributed by atoms with Crippen LogP contribution in [0.1, 0.15) is 48.2 Å². The predicted octanol–water partition coefficient (Wildman–Crippen LogP) is 2.37. The molecule has 1 aliphatic rings. The van der Waals surface area contributed by atoms with Gasteiger partial charge in [-0.15, -0.1) is 12.4 Å². The Morgan fingerprint density at radius 2 is 1.84 bits per heavy atom. The topological polar surface area (TPSA) is 59.2 Å². The van der Waals surface area contributed by atoms with Crippen molar-refractivity contribution in [2.45, 2.75) is 38.6 Å². The number of aromatic nitrogens is 1. The highest BCUT2D eigenvalue weighted by molar-refractivity contribution is 5.94. The van der Waals surface area contributed by atoms with Crippen LogP contribution < -0.4 is 5.73 Å². The molecule has 106 valence electrons. The number of nitrogens with two attached hydrogens (primary N) is 1. The average Bonchev–Trinajstić information content (AvgIpc) is 2.38. The summed E-state index contributed by atoms with van der Waals surface area (Å²) in [5, 5.41) is 0. The molecule has 0 saturated carbocycles. The second kappa shape index (κ2) is 8.12. The number of carbonyl (C=O) groups is 1. The molecular weight excluding hydrogens is 262 g/mol. The Kier molecular flexibility index (Phi) is 6.81. The van der Waals surface area contributed by atoms with E-state index < -0.39 is 0 Å². The zero-order chi connectivity index (χ0) is 12.8. The summed E-state index contributed by atoms with van der Waals surface area (Å²) in [6, 6.07) is 3.58. The quantitative estimate of drug-likeness (QED) is 0.906. The summed E-state index contributed by atoms with van der Waals surface area (Å²) in [6.07, 6.45) is 7.65. The minimum absolute atomic E-state index is 0. The van der Waals surface area contributed by atoms with Crippen LogP contribution in [0.25, 0.3) is 0 Å². The van der Waals surface area contributed by atoms with Crippen LogP contribution in [-0.4, -0.2) is 28.9 Å². The fourth-order valence-corrected chi connectivity index (χ4v) is 2.36. The van der Waals surface area contributed by atoms with Crippen LogP contribution >= 0.6 is 12.4 Å². The first-order valence-electron chi connectivity index (χ1n) is 6.75. The Balaban J connectivity index is 0.00000180. The normalized spacial score (nSPS) is 16.2. The summed E-state index contributed by atoms with van der Waals surface area (Å²) < 4.78 is 0. The molecule has 1 fully saturated rings. The molecule has 0 aromatic carbocycles. The van der Waals surface area contributed by atoms with Crippen molar-refractivity contribution in [2.75, 3.05) is 13.1 Å². The molecule has 1 aromatic heterocycles. The third-order valence-corrected chi connectivity index (χ3v) is 3.42. The maximum absolute atomic E-state index is 12.4. The molecule has 19 heavy (non-hydrogen) atoms. The summed E-state index contributed by atoms with van der Waals surface area (Å²) in [5.74, 6) is 0.119. The van der Waals surface area contributed by atoms with Gasteiger partial charge in [-0.2, -0.15) is 0 Å². The van der Waals surface area contributed by atoms with Crippen LogP contribution in [0.4, 0.5) is 0 Å². The second-order valence-electron chi connectivity index (χ2n) is 4.80. The molecular formula is C14H22ClN3O. The third-order valence-electron chi connectivity index (χ3n) is 3.42. The highest BCUT2D eigenvalue weighted by Gasteiger charge is 2.16. The first kappa shape index (κ1) is 15.9. The number of pyridine rings is 1. The first-order chi connectivity index (χ1) is 8.81. The van der Waals surface area contributed by atoms with Gasteiger partial charge in [0.2, 0.25) is 0 Å². The van der Waals surface area contributed by atoms with Crippen LogP contribution in [0.15, 0.2) is 18.3 Å². The van der Waals surface area contributed by atoms with E-state index in [9.17, 15) is 4.79 Å². The van der Waals surface area contributed by atoms with Gasteiger partial charge >= 0.3 is 0 Å². The van der Waals surface area contributed by atoms with Gasteiger partial charge in [-0.05, 0) is 25.0 Å². The van der Waals surface area contributed by atoms with Gasteiger partial charge in [0, 0.05) is 31.4 Å². The van der Waals surface area contributed by atoms with E-state index in [0.717, 1.165) is 31.6 Å². The molecule has 1 aliphatic heterocycles. The third kappa shape index (κ3) is 4.48. The standard InChI is InChI=1S/C14H21N3O.ClH/c15-11-13-10-12(6-7-16-13)14(18)17-8-4-2-1-3-5-9-17;/h6-7,10H,1-5,8-9,11,15H2;1H. The monoisotopic (exact) mass is 283 g/mol. The first-order valence-corrected chi connectivity index (χ1v) is 6.75. The van der Waals surface area contributed by atoms with Crippen molar-refractivity contribution < 1.29 is 4.79 Å². The highest BCUT2D eigenvalue weighted by atomic mass is 35.5. The van der Waals surface area contributed by atoms with E-state index in [2.05, 4.69) is 4.98 Å². The number of nitrogens with zero attached hydrogens (tertiary/aromatic N) is 2. The molecule has 2 heterocycles. The summed E-state index contributed by atoms with van der Waals surface area (Å²) >= 11 is 0. The Hall–Kier alpha value is -1.13. The lowest BCUT2D eigenvalue weighted by Gasteiger charge is -2.24. The molecule has 2 rings (SSSR count). The largest absolute Gasteiger partial charge is 0.339 e. The molecule has 0 unspecified atom stereocenters. The molecule has 1 aromatic rings.